The molecule has 1 aliphatic rings. The first kappa shape index (κ1) is 11.9. The van der Waals surface area contributed by atoms with Crippen LogP contribution in [-0.4, -0.2) is 11.5 Å². The van der Waals surface area contributed by atoms with Crippen molar-refractivity contribution < 1.29 is 4.39 Å². The van der Waals surface area contributed by atoms with Crippen molar-refractivity contribution in [3.8, 4) is 0 Å². The summed E-state index contributed by atoms with van der Waals surface area (Å²) in [5, 5.41) is 0.573. The van der Waals surface area contributed by atoms with Crippen LogP contribution in [0.15, 0.2) is 34.9 Å². The Bertz CT molecular complexity index is 618. The fourth-order valence-electron chi connectivity index (χ4n) is 2.18. The van der Waals surface area contributed by atoms with Crippen molar-refractivity contribution in [3.05, 3.63) is 51.3 Å². The predicted molar refractivity (Wildman–Crippen MR) is 74.1 cm³/mol. The molecule has 0 bridgehead atoms. The van der Waals surface area contributed by atoms with Gasteiger partial charge < -0.3 is 4.90 Å². The van der Waals surface area contributed by atoms with Gasteiger partial charge in [-0.15, -0.1) is 0 Å². The smallest absolute Gasteiger partial charge is 0.147 e. The Morgan fingerprint density at radius 2 is 2.17 bits per heavy atom. The number of aromatic nitrogens is 1. The van der Waals surface area contributed by atoms with Crippen LogP contribution in [0.25, 0.3) is 0 Å². The van der Waals surface area contributed by atoms with Crippen molar-refractivity contribution >= 4 is 39.0 Å². The number of nitrogens with zero attached hydrogens (tertiary/aromatic N) is 2. The van der Waals surface area contributed by atoms with E-state index in [2.05, 4.69) is 20.9 Å². The number of anilines is 2. The molecule has 0 amide bonds. The van der Waals surface area contributed by atoms with Crippen molar-refractivity contribution in [1.82, 2.24) is 4.98 Å². The molecule has 18 heavy (non-hydrogen) atoms. The van der Waals surface area contributed by atoms with E-state index in [9.17, 15) is 4.39 Å². The van der Waals surface area contributed by atoms with Crippen LogP contribution >= 0.6 is 27.5 Å². The van der Waals surface area contributed by atoms with Gasteiger partial charge >= 0.3 is 0 Å². The normalized spacial score (nSPS) is 13.8. The zero-order valence-electron chi connectivity index (χ0n) is 9.33. The SMILES string of the molecule is Fc1ccc2c(c1)N(c1ncc(Cl)cc1Br)CC2. The number of rotatable bonds is 1. The number of hydrogen-bond acceptors (Lipinski definition) is 2. The van der Waals surface area contributed by atoms with Gasteiger partial charge in [0, 0.05) is 18.4 Å². The molecule has 2 nitrogen and oxygen atoms in total. The summed E-state index contributed by atoms with van der Waals surface area (Å²) in [6.07, 6.45) is 2.49. The fraction of sp³-hybridized carbons (Fsp3) is 0.154. The highest BCUT2D eigenvalue weighted by atomic mass is 79.9. The molecule has 0 fully saturated rings. The molecular formula is C13H9BrClFN2. The van der Waals surface area contributed by atoms with Crippen LogP contribution in [0.5, 0.6) is 0 Å². The molecule has 5 heteroatoms. The molecule has 0 spiro atoms. The lowest BCUT2D eigenvalue weighted by molar-refractivity contribution is 0.628. The highest BCUT2D eigenvalue weighted by Gasteiger charge is 2.23. The summed E-state index contributed by atoms with van der Waals surface area (Å²) in [5.74, 6) is 0.537. The maximum atomic E-state index is 13.3. The molecule has 0 saturated carbocycles. The molecule has 0 saturated heterocycles. The van der Waals surface area contributed by atoms with Gasteiger partial charge in [-0.3, -0.25) is 0 Å². The van der Waals surface area contributed by atoms with E-state index < -0.39 is 0 Å². The lowest BCUT2D eigenvalue weighted by Crippen LogP contribution is -2.15. The third-order valence-electron chi connectivity index (χ3n) is 2.99. The number of pyridine rings is 1. The van der Waals surface area contributed by atoms with Gasteiger partial charge in [0.15, 0.2) is 0 Å². The molecule has 0 radical (unpaired) electrons. The van der Waals surface area contributed by atoms with Gasteiger partial charge in [-0.25, -0.2) is 9.37 Å². The van der Waals surface area contributed by atoms with E-state index in [1.54, 1.807) is 18.3 Å². The monoisotopic (exact) mass is 326 g/mol. The van der Waals surface area contributed by atoms with Gasteiger partial charge in [-0.2, -0.15) is 0 Å². The molecule has 1 aliphatic heterocycles. The summed E-state index contributed by atoms with van der Waals surface area (Å²) < 4.78 is 14.1. The van der Waals surface area contributed by atoms with Crippen molar-refractivity contribution in [2.45, 2.75) is 6.42 Å². The Hall–Kier alpha value is -1.13. The first-order chi connectivity index (χ1) is 8.65. The van der Waals surface area contributed by atoms with Crippen LogP contribution in [0.2, 0.25) is 5.02 Å². The summed E-state index contributed by atoms with van der Waals surface area (Å²) in [6, 6.07) is 6.66. The summed E-state index contributed by atoms with van der Waals surface area (Å²) in [7, 11) is 0. The number of benzene rings is 1. The van der Waals surface area contributed by atoms with E-state index in [-0.39, 0.29) is 5.82 Å². The highest BCUT2D eigenvalue weighted by molar-refractivity contribution is 9.10. The summed E-state index contributed by atoms with van der Waals surface area (Å²) in [6.45, 7) is 0.798. The predicted octanol–water partition coefficient (Wildman–Crippen LogP) is 4.33. The van der Waals surface area contributed by atoms with Crippen LogP contribution in [-0.2, 0) is 6.42 Å². The Morgan fingerprint density at radius 3 is 2.94 bits per heavy atom. The zero-order chi connectivity index (χ0) is 12.7. The minimum Gasteiger partial charge on any atom is -0.325 e. The highest BCUT2D eigenvalue weighted by Crippen LogP contribution is 2.37. The molecule has 0 unspecified atom stereocenters. The van der Waals surface area contributed by atoms with Gasteiger partial charge in [-0.05, 0) is 46.1 Å². The van der Waals surface area contributed by atoms with Crippen molar-refractivity contribution in [2.24, 2.45) is 0 Å². The van der Waals surface area contributed by atoms with Gasteiger partial charge in [0.2, 0.25) is 0 Å². The molecule has 0 aliphatic carbocycles. The molecule has 0 atom stereocenters. The Balaban J connectivity index is 2.08. The van der Waals surface area contributed by atoms with Gasteiger partial charge in [-0.1, -0.05) is 17.7 Å². The van der Waals surface area contributed by atoms with Crippen LogP contribution < -0.4 is 4.90 Å². The fourth-order valence-corrected chi connectivity index (χ4v) is 3.03. The minimum atomic E-state index is -0.231. The first-order valence-electron chi connectivity index (χ1n) is 5.52. The number of fused-ring (bicyclic) bond motifs is 1. The molecule has 3 rings (SSSR count). The van der Waals surface area contributed by atoms with Crippen molar-refractivity contribution in [1.29, 1.82) is 0 Å². The summed E-state index contributed by atoms with van der Waals surface area (Å²) in [4.78, 5) is 6.31. The second-order valence-electron chi connectivity index (χ2n) is 4.13. The van der Waals surface area contributed by atoms with Crippen LogP contribution in [0.3, 0.4) is 0 Å². The molecular weight excluding hydrogens is 319 g/mol. The average Bonchev–Trinajstić information content (AvgIpc) is 2.72. The van der Waals surface area contributed by atoms with Crippen LogP contribution in [0.1, 0.15) is 5.56 Å². The van der Waals surface area contributed by atoms with Gasteiger partial charge in [0.05, 0.1) is 9.50 Å². The lowest BCUT2D eigenvalue weighted by atomic mass is 10.2. The van der Waals surface area contributed by atoms with E-state index in [4.69, 9.17) is 11.6 Å². The largest absolute Gasteiger partial charge is 0.325 e. The lowest BCUT2D eigenvalue weighted by Gasteiger charge is -2.19. The van der Waals surface area contributed by atoms with Crippen LogP contribution in [0.4, 0.5) is 15.9 Å². The zero-order valence-corrected chi connectivity index (χ0v) is 11.7. The second kappa shape index (κ2) is 4.52. The maximum absolute atomic E-state index is 13.3. The Morgan fingerprint density at radius 1 is 1.33 bits per heavy atom. The van der Waals surface area contributed by atoms with Gasteiger partial charge in [0.25, 0.3) is 0 Å². The first-order valence-corrected chi connectivity index (χ1v) is 6.69. The van der Waals surface area contributed by atoms with E-state index in [0.717, 1.165) is 34.5 Å². The van der Waals surface area contributed by atoms with E-state index >= 15 is 0 Å². The third-order valence-corrected chi connectivity index (χ3v) is 3.78. The van der Waals surface area contributed by atoms with Crippen LogP contribution in [0, 0.1) is 5.82 Å². The van der Waals surface area contributed by atoms with Crippen molar-refractivity contribution in [3.63, 3.8) is 0 Å². The maximum Gasteiger partial charge on any atom is 0.147 e. The Kier molecular flexibility index (Phi) is 2.99. The topological polar surface area (TPSA) is 16.1 Å². The van der Waals surface area contributed by atoms with E-state index in [1.807, 2.05) is 11.0 Å². The average molecular weight is 328 g/mol. The standard InChI is InChI=1S/C13H9BrClFN2/c14-11-5-9(15)7-17-13(11)18-4-3-8-1-2-10(16)6-12(8)18/h1-2,5-7H,3-4H2. The molecule has 1 aromatic heterocycles. The quantitative estimate of drug-likeness (QED) is 0.775. The van der Waals surface area contributed by atoms with E-state index in [0.29, 0.717) is 5.02 Å². The molecule has 92 valence electrons. The Labute approximate surface area is 118 Å². The second-order valence-corrected chi connectivity index (χ2v) is 5.42. The van der Waals surface area contributed by atoms with E-state index in [1.165, 1.54) is 6.07 Å². The number of hydrogen-bond donors (Lipinski definition) is 0. The molecule has 2 aromatic rings. The minimum absolute atomic E-state index is 0.231. The number of halogens is 3. The van der Waals surface area contributed by atoms with Gasteiger partial charge in [0.1, 0.15) is 11.6 Å². The summed E-state index contributed by atoms with van der Waals surface area (Å²) >= 11 is 9.32. The van der Waals surface area contributed by atoms with Crippen molar-refractivity contribution in [2.75, 3.05) is 11.4 Å². The molecule has 2 heterocycles. The molecule has 0 N–H and O–H groups in total. The molecule has 1 aromatic carbocycles. The third kappa shape index (κ3) is 1.99. The summed E-state index contributed by atoms with van der Waals surface area (Å²) in [5.41, 5.74) is 2.02.